The molecule has 1 aromatic carbocycles. The highest BCUT2D eigenvalue weighted by molar-refractivity contribution is 5.36. The van der Waals surface area contributed by atoms with Gasteiger partial charge in [-0.2, -0.15) is 0 Å². The van der Waals surface area contributed by atoms with E-state index in [1.165, 1.54) is 0 Å². The van der Waals surface area contributed by atoms with Crippen molar-refractivity contribution in [2.24, 2.45) is 5.73 Å². The van der Waals surface area contributed by atoms with Crippen LogP contribution in [0.1, 0.15) is 48.4 Å². The van der Waals surface area contributed by atoms with Gasteiger partial charge in [0.05, 0.1) is 11.6 Å². The first kappa shape index (κ1) is 13.5. The zero-order valence-corrected chi connectivity index (χ0v) is 11.4. The Morgan fingerprint density at radius 1 is 1.28 bits per heavy atom. The molecule has 3 heteroatoms. The molecule has 0 spiro atoms. The molecule has 2 N–H and O–H groups in total. The highest BCUT2D eigenvalue weighted by Gasteiger charge is 2.41. The minimum absolute atomic E-state index is 0.205. The van der Waals surface area contributed by atoms with Crippen molar-refractivity contribution in [3.05, 3.63) is 34.6 Å². The number of hydrogen-bond acceptors (Lipinski definition) is 2. The molecule has 1 atom stereocenters. The Morgan fingerprint density at radius 2 is 1.89 bits per heavy atom. The maximum Gasteiger partial charge on any atom is 0.128 e. The molecular weight excluding hydrogens is 229 g/mol. The first-order valence-corrected chi connectivity index (χ1v) is 6.57. The lowest BCUT2D eigenvalue weighted by Crippen LogP contribution is -2.41. The number of methoxy groups -OCH3 is 1. The largest absolute Gasteiger partial charge is 0.376 e. The van der Waals surface area contributed by atoms with Crippen molar-refractivity contribution in [1.29, 1.82) is 0 Å². The van der Waals surface area contributed by atoms with Gasteiger partial charge in [-0.05, 0) is 43.9 Å². The molecule has 0 radical (unpaired) electrons. The fourth-order valence-electron chi connectivity index (χ4n) is 3.20. The molecule has 0 aliphatic heterocycles. The summed E-state index contributed by atoms with van der Waals surface area (Å²) in [5, 5.41) is 0. The standard InChI is InChI=1S/C15H22FNO/c1-10-8-11(2)13(12(16)9-10)14(17)15(18-3)6-4-5-7-15/h8-9,14H,4-7,17H2,1-3H3. The van der Waals surface area contributed by atoms with E-state index in [9.17, 15) is 4.39 Å². The average Bonchev–Trinajstić information content (AvgIpc) is 2.77. The van der Waals surface area contributed by atoms with Crippen LogP contribution in [0, 0.1) is 19.7 Å². The van der Waals surface area contributed by atoms with Crippen LogP contribution >= 0.6 is 0 Å². The Balaban J connectivity index is 2.42. The van der Waals surface area contributed by atoms with E-state index in [-0.39, 0.29) is 17.5 Å². The lowest BCUT2D eigenvalue weighted by molar-refractivity contribution is -0.0273. The average molecular weight is 251 g/mol. The number of nitrogens with two attached hydrogens (primary N) is 1. The van der Waals surface area contributed by atoms with Gasteiger partial charge >= 0.3 is 0 Å². The van der Waals surface area contributed by atoms with Crippen LogP contribution in [-0.2, 0) is 4.74 Å². The first-order valence-electron chi connectivity index (χ1n) is 6.57. The maximum absolute atomic E-state index is 14.2. The predicted molar refractivity (Wildman–Crippen MR) is 71.0 cm³/mol. The molecule has 2 rings (SSSR count). The normalized spacial score (nSPS) is 20.1. The summed E-state index contributed by atoms with van der Waals surface area (Å²) in [6.07, 6.45) is 4.04. The Bertz CT molecular complexity index is 415. The summed E-state index contributed by atoms with van der Waals surface area (Å²) in [6, 6.07) is 3.16. The third kappa shape index (κ3) is 2.17. The second kappa shape index (κ2) is 4.98. The van der Waals surface area contributed by atoms with Gasteiger partial charge < -0.3 is 10.5 Å². The molecule has 1 aliphatic carbocycles. The van der Waals surface area contributed by atoms with Gasteiger partial charge in [-0.1, -0.05) is 18.9 Å². The van der Waals surface area contributed by atoms with Gasteiger partial charge in [0, 0.05) is 12.7 Å². The summed E-state index contributed by atoms with van der Waals surface area (Å²) in [7, 11) is 1.69. The summed E-state index contributed by atoms with van der Waals surface area (Å²) in [5.41, 5.74) is 8.41. The second-order valence-electron chi connectivity index (χ2n) is 5.43. The van der Waals surface area contributed by atoms with E-state index in [0.29, 0.717) is 5.56 Å². The molecule has 100 valence electrons. The summed E-state index contributed by atoms with van der Waals surface area (Å²) in [6.45, 7) is 3.82. The molecule has 18 heavy (non-hydrogen) atoms. The van der Waals surface area contributed by atoms with Crippen molar-refractivity contribution in [1.82, 2.24) is 0 Å². The molecule has 1 aromatic rings. The minimum atomic E-state index is -0.388. The molecule has 0 amide bonds. The Labute approximate surface area is 108 Å². The molecule has 1 saturated carbocycles. The van der Waals surface area contributed by atoms with Gasteiger partial charge in [-0.15, -0.1) is 0 Å². The monoisotopic (exact) mass is 251 g/mol. The molecular formula is C15H22FNO. The van der Waals surface area contributed by atoms with E-state index in [2.05, 4.69) is 0 Å². The van der Waals surface area contributed by atoms with E-state index in [1.807, 2.05) is 19.9 Å². The van der Waals surface area contributed by atoms with Crippen LogP contribution in [0.4, 0.5) is 4.39 Å². The maximum atomic E-state index is 14.2. The fourth-order valence-corrected chi connectivity index (χ4v) is 3.20. The molecule has 0 bridgehead atoms. The van der Waals surface area contributed by atoms with Gasteiger partial charge in [-0.3, -0.25) is 0 Å². The molecule has 1 unspecified atom stereocenters. The lowest BCUT2D eigenvalue weighted by Gasteiger charge is -2.35. The van der Waals surface area contributed by atoms with Crippen molar-refractivity contribution >= 4 is 0 Å². The molecule has 0 aromatic heterocycles. The number of benzene rings is 1. The van der Waals surface area contributed by atoms with Gasteiger partial charge in [0.1, 0.15) is 5.82 Å². The Kier molecular flexibility index (Phi) is 3.74. The zero-order chi connectivity index (χ0) is 13.3. The van der Waals surface area contributed by atoms with E-state index in [0.717, 1.165) is 36.8 Å². The van der Waals surface area contributed by atoms with E-state index in [1.54, 1.807) is 13.2 Å². The SMILES string of the molecule is COC1(C(N)c2c(C)cc(C)cc2F)CCCC1. The minimum Gasteiger partial charge on any atom is -0.376 e. The Morgan fingerprint density at radius 3 is 2.39 bits per heavy atom. The number of hydrogen-bond donors (Lipinski definition) is 1. The van der Waals surface area contributed by atoms with Crippen molar-refractivity contribution in [3.63, 3.8) is 0 Å². The predicted octanol–water partition coefficient (Wildman–Crippen LogP) is 3.40. The zero-order valence-electron chi connectivity index (χ0n) is 11.4. The van der Waals surface area contributed by atoms with E-state index in [4.69, 9.17) is 10.5 Å². The van der Waals surface area contributed by atoms with Crippen LogP contribution in [0.2, 0.25) is 0 Å². The van der Waals surface area contributed by atoms with Crippen LogP contribution in [0.25, 0.3) is 0 Å². The number of ether oxygens (including phenoxy) is 1. The first-order chi connectivity index (χ1) is 8.50. The number of aryl methyl sites for hydroxylation is 2. The van der Waals surface area contributed by atoms with Gasteiger partial charge in [0.15, 0.2) is 0 Å². The van der Waals surface area contributed by atoms with Gasteiger partial charge in [-0.25, -0.2) is 4.39 Å². The van der Waals surface area contributed by atoms with Gasteiger partial charge in [0.25, 0.3) is 0 Å². The van der Waals surface area contributed by atoms with Crippen molar-refractivity contribution in [3.8, 4) is 0 Å². The van der Waals surface area contributed by atoms with Crippen LogP contribution < -0.4 is 5.73 Å². The molecule has 1 aliphatic rings. The summed E-state index contributed by atoms with van der Waals surface area (Å²) in [4.78, 5) is 0. The second-order valence-corrected chi connectivity index (χ2v) is 5.43. The van der Waals surface area contributed by atoms with Crippen molar-refractivity contribution in [2.75, 3.05) is 7.11 Å². The van der Waals surface area contributed by atoms with Crippen LogP contribution in [-0.4, -0.2) is 12.7 Å². The molecule has 0 saturated heterocycles. The van der Waals surface area contributed by atoms with Gasteiger partial charge in [0.2, 0.25) is 0 Å². The summed E-state index contributed by atoms with van der Waals surface area (Å²) < 4.78 is 19.8. The van der Waals surface area contributed by atoms with E-state index < -0.39 is 0 Å². The van der Waals surface area contributed by atoms with Crippen LogP contribution in [0.15, 0.2) is 12.1 Å². The number of halogens is 1. The highest BCUT2D eigenvalue weighted by atomic mass is 19.1. The summed E-state index contributed by atoms with van der Waals surface area (Å²) >= 11 is 0. The lowest BCUT2D eigenvalue weighted by atomic mass is 9.84. The van der Waals surface area contributed by atoms with Crippen molar-refractivity contribution in [2.45, 2.75) is 51.2 Å². The third-order valence-corrected chi connectivity index (χ3v) is 4.21. The smallest absolute Gasteiger partial charge is 0.128 e. The number of rotatable bonds is 3. The van der Waals surface area contributed by atoms with E-state index >= 15 is 0 Å². The topological polar surface area (TPSA) is 35.2 Å². The fraction of sp³-hybridized carbons (Fsp3) is 0.600. The quantitative estimate of drug-likeness (QED) is 0.893. The summed E-state index contributed by atoms with van der Waals surface area (Å²) in [5.74, 6) is -0.205. The molecule has 1 fully saturated rings. The third-order valence-electron chi connectivity index (χ3n) is 4.21. The van der Waals surface area contributed by atoms with Crippen molar-refractivity contribution < 1.29 is 9.13 Å². The molecule has 2 nitrogen and oxygen atoms in total. The Hall–Kier alpha value is -0.930. The highest BCUT2D eigenvalue weighted by Crippen LogP contribution is 2.42. The molecule has 0 heterocycles. The van der Waals surface area contributed by atoms with Crippen LogP contribution in [0.5, 0.6) is 0 Å². The van der Waals surface area contributed by atoms with Crippen LogP contribution in [0.3, 0.4) is 0 Å².